The number of allylic oxidation sites excluding steroid dienone is 4. The van der Waals surface area contributed by atoms with Gasteiger partial charge in [-0.25, -0.2) is 0 Å². The SMILES string of the molecule is CC(C)C1=CCC=C1[Si](c1cccc(C(C)C)c1)(c1cccc(C(C)C)c1)c1cccc(C(C)C)c1. The zero-order chi connectivity index (χ0) is 26.0. The molecule has 0 fully saturated rings. The van der Waals surface area contributed by atoms with E-state index in [1.807, 2.05) is 0 Å². The van der Waals surface area contributed by atoms with Crippen LogP contribution in [0.25, 0.3) is 0 Å². The molecule has 188 valence electrons. The summed E-state index contributed by atoms with van der Waals surface area (Å²) in [4.78, 5) is 0. The summed E-state index contributed by atoms with van der Waals surface area (Å²) >= 11 is 0. The van der Waals surface area contributed by atoms with Crippen LogP contribution in [0.5, 0.6) is 0 Å². The van der Waals surface area contributed by atoms with Gasteiger partial charge in [0.05, 0.1) is 0 Å². The zero-order valence-corrected chi connectivity index (χ0v) is 24.6. The quantitative estimate of drug-likeness (QED) is 0.221. The van der Waals surface area contributed by atoms with Gasteiger partial charge in [-0.3, -0.25) is 0 Å². The van der Waals surface area contributed by atoms with Gasteiger partial charge < -0.3 is 0 Å². The van der Waals surface area contributed by atoms with Gasteiger partial charge in [0.2, 0.25) is 0 Å². The molecule has 0 aromatic heterocycles. The summed E-state index contributed by atoms with van der Waals surface area (Å²) < 4.78 is 0. The molecular weight excluding hydrogens is 448 g/mol. The standard InChI is InChI=1S/C35H44Si/c1-24(2)28-13-9-16-31(21-28)36(35-20-12-19-34(35)27(7)8,32-17-10-14-29(22-32)25(3)4)33-18-11-15-30(23-33)26(5)6/h9-11,13-27H,12H2,1-8H3. The highest BCUT2D eigenvalue weighted by molar-refractivity contribution is 7.16. The van der Waals surface area contributed by atoms with Crippen molar-refractivity contribution >= 4 is 23.6 Å². The minimum absolute atomic E-state index is 0.498. The van der Waals surface area contributed by atoms with Gasteiger partial charge in [0, 0.05) is 0 Å². The number of hydrogen-bond donors (Lipinski definition) is 0. The average Bonchev–Trinajstić information content (AvgIpc) is 3.36. The Bertz CT molecular complexity index is 1140. The van der Waals surface area contributed by atoms with Crippen LogP contribution in [0.15, 0.2) is 95.7 Å². The van der Waals surface area contributed by atoms with Crippen molar-refractivity contribution in [3.05, 3.63) is 112 Å². The lowest BCUT2D eigenvalue weighted by atomic mass is 10.0. The van der Waals surface area contributed by atoms with E-state index in [1.54, 1.807) is 10.8 Å². The molecule has 0 radical (unpaired) electrons. The van der Waals surface area contributed by atoms with Gasteiger partial charge in [-0.2, -0.15) is 0 Å². The van der Waals surface area contributed by atoms with Crippen LogP contribution in [-0.4, -0.2) is 8.07 Å². The molecule has 3 aromatic rings. The Kier molecular flexibility index (Phi) is 7.90. The molecule has 0 amide bonds. The predicted molar refractivity (Wildman–Crippen MR) is 162 cm³/mol. The second kappa shape index (κ2) is 10.8. The lowest BCUT2D eigenvalue weighted by molar-refractivity contribution is 0.788. The van der Waals surface area contributed by atoms with Crippen LogP contribution >= 0.6 is 0 Å². The molecule has 4 rings (SSSR count). The zero-order valence-electron chi connectivity index (χ0n) is 23.6. The number of rotatable bonds is 8. The maximum absolute atomic E-state index is 2.56. The maximum atomic E-state index is 2.56. The highest BCUT2D eigenvalue weighted by atomic mass is 28.3. The highest BCUT2D eigenvalue weighted by Crippen LogP contribution is 2.34. The van der Waals surface area contributed by atoms with E-state index in [9.17, 15) is 0 Å². The van der Waals surface area contributed by atoms with E-state index in [2.05, 4.69) is 140 Å². The second-order valence-corrected chi connectivity index (χ2v) is 15.5. The summed E-state index contributed by atoms with van der Waals surface area (Å²) in [6.07, 6.45) is 6.09. The average molecular weight is 493 g/mol. The van der Waals surface area contributed by atoms with Gasteiger partial charge in [-0.1, -0.05) is 140 Å². The molecule has 3 aromatic carbocycles. The van der Waals surface area contributed by atoms with Crippen LogP contribution in [0.2, 0.25) is 0 Å². The maximum Gasteiger partial charge on any atom is 0.179 e. The monoisotopic (exact) mass is 492 g/mol. The Morgan fingerprint density at radius 3 is 1.22 bits per heavy atom. The van der Waals surface area contributed by atoms with Gasteiger partial charge >= 0.3 is 0 Å². The largest absolute Gasteiger partial charge is 0.179 e. The molecule has 0 N–H and O–H groups in total. The predicted octanol–water partition coefficient (Wildman–Crippen LogP) is 7.98. The van der Waals surface area contributed by atoms with Crippen molar-refractivity contribution in [2.24, 2.45) is 5.92 Å². The van der Waals surface area contributed by atoms with Gasteiger partial charge in [-0.15, -0.1) is 0 Å². The van der Waals surface area contributed by atoms with E-state index >= 15 is 0 Å². The van der Waals surface area contributed by atoms with E-state index in [4.69, 9.17) is 0 Å². The van der Waals surface area contributed by atoms with Gasteiger partial charge in [-0.05, 0) is 73.1 Å². The van der Waals surface area contributed by atoms with Crippen molar-refractivity contribution in [2.75, 3.05) is 0 Å². The fourth-order valence-corrected chi connectivity index (χ4v) is 11.2. The first-order valence-corrected chi connectivity index (χ1v) is 15.9. The molecule has 0 spiro atoms. The fraction of sp³-hybridized carbons (Fsp3) is 0.371. The first-order chi connectivity index (χ1) is 17.2. The van der Waals surface area contributed by atoms with E-state index in [0.717, 1.165) is 6.42 Å². The van der Waals surface area contributed by atoms with Crippen molar-refractivity contribution in [1.82, 2.24) is 0 Å². The van der Waals surface area contributed by atoms with E-state index in [1.165, 1.54) is 32.3 Å². The van der Waals surface area contributed by atoms with E-state index in [-0.39, 0.29) is 0 Å². The van der Waals surface area contributed by atoms with Crippen molar-refractivity contribution in [3.63, 3.8) is 0 Å². The molecular formula is C35H44Si. The van der Waals surface area contributed by atoms with Crippen LogP contribution in [0.4, 0.5) is 0 Å². The summed E-state index contributed by atoms with van der Waals surface area (Å²) in [5, 5.41) is 6.13. The number of hydrogen-bond acceptors (Lipinski definition) is 0. The Morgan fingerprint density at radius 2 is 0.889 bits per heavy atom. The third-order valence-electron chi connectivity index (χ3n) is 7.96. The lowest BCUT2D eigenvalue weighted by Crippen LogP contribution is -2.69. The molecule has 0 unspecified atom stereocenters. The molecule has 0 atom stereocenters. The molecule has 1 aliphatic carbocycles. The second-order valence-electron chi connectivity index (χ2n) is 11.8. The van der Waals surface area contributed by atoms with Gasteiger partial charge in [0.15, 0.2) is 8.07 Å². The van der Waals surface area contributed by atoms with Crippen LogP contribution in [0.3, 0.4) is 0 Å². The van der Waals surface area contributed by atoms with Crippen LogP contribution in [-0.2, 0) is 0 Å². The van der Waals surface area contributed by atoms with Gasteiger partial charge in [0.1, 0.15) is 0 Å². The molecule has 36 heavy (non-hydrogen) atoms. The first-order valence-electron chi connectivity index (χ1n) is 13.9. The van der Waals surface area contributed by atoms with Crippen LogP contribution < -0.4 is 15.6 Å². The molecule has 0 heterocycles. The smallest absolute Gasteiger partial charge is 0.0801 e. The fourth-order valence-electron chi connectivity index (χ4n) is 5.81. The van der Waals surface area contributed by atoms with E-state index in [0.29, 0.717) is 23.7 Å². The summed E-state index contributed by atoms with van der Waals surface area (Å²) in [5.74, 6) is 2.00. The molecule has 0 bridgehead atoms. The summed E-state index contributed by atoms with van der Waals surface area (Å²) in [7, 11) is -2.56. The highest BCUT2D eigenvalue weighted by Gasteiger charge is 2.45. The molecule has 0 saturated heterocycles. The third kappa shape index (κ3) is 4.83. The Morgan fingerprint density at radius 1 is 0.500 bits per heavy atom. The van der Waals surface area contributed by atoms with Crippen LogP contribution in [0.1, 0.15) is 96.3 Å². The topological polar surface area (TPSA) is 0 Å². The normalized spacial score (nSPS) is 14.2. The summed E-state index contributed by atoms with van der Waals surface area (Å²) in [5.41, 5.74) is 5.83. The van der Waals surface area contributed by atoms with Crippen molar-refractivity contribution in [3.8, 4) is 0 Å². The van der Waals surface area contributed by atoms with Crippen molar-refractivity contribution in [1.29, 1.82) is 0 Å². The molecule has 0 nitrogen and oxygen atoms in total. The van der Waals surface area contributed by atoms with E-state index < -0.39 is 8.07 Å². The van der Waals surface area contributed by atoms with Crippen molar-refractivity contribution in [2.45, 2.75) is 79.6 Å². The Hall–Kier alpha value is -2.64. The van der Waals surface area contributed by atoms with Crippen LogP contribution in [0, 0.1) is 5.92 Å². The first kappa shape index (κ1) is 26.4. The Balaban J connectivity index is 2.17. The summed E-state index contributed by atoms with van der Waals surface area (Å²) in [6.45, 7) is 18.6. The van der Waals surface area contributed by atoms with Crippen molar-refractivity contribution < 1.29 is 0 Å². The minimum atomic E-state index is -2.56. The molecule has 0 aliphatic heterocycles. The van der Waals surface area contributed by atoms with Gasteiger partial charge in [0.25, 0.3) is 0 Å². The minimum Gasteiger partial charge on any atom is -0.0801 e. The molecule has 0 saturated carbocycles. The summed E-state index contributed by atoms with van der Waals surface area (Å²) in [6, 6.07) is 28.8. The molecule has 1 heteroatoms. The molecule has 1 aliphatic rings. The Labute approximate surface area is 221 Å². The lowest BCUT2D eigenvalue weighted by Gasteiger charge is -2.38. The number of benzene rings is 3. The third-order valence-corrected chi connectivity index (χ3v) is 12.8.